The molecule has 0 unspecified atom stereocenters. The minimum Gasteiger partial charge on any atom is -0.381 e. The largest absolute Gasteiger partial charge is 0.381 e. The Kier molecular flexibility index (Phi) is 3.96. The molecule has 3 heteroatoms. The molecule has 1 nitrogen and oxygen atoms in total. The topological polar surface area (TPSA) is 12.0 Å². The molecule has 0 saturated heterocycles. The number of hydrogen-bond donors (Lipinski definition) is 1. The number of nitrogens with one attached hydrogen (secondary N) is 1. The highest BCUT2D eigenvalue weighted by Gasteiger charge is 1.98. The highest BCUT2D eigenvalue weighted by atomic mass is 79.9. The van der Waals surface area contributed by atoms with Gasteiger partial charge in [-0.2, -0.15) is 0 Å². The Hall–Kier alpha value is -0.830. The van der Waals surface area contributed by atoms with Crippen LogP contribution in [-0.2, 0) is 0 Å². The van der Waals surface area contributed by atoms with Gasteiger partial charge in [0.05, 0.1) is 4.47 Å². The first-order valence-electron chi connectivity index (χ1n) is 4.04. The maximum Gasteiger partial charge on any atom is 0.139 e. The van der Waals surface area contributed by atoms with E-state index in [1.165, 1.54) is 6.07 Å². The fraction of sp³-hybridized carbons (Fsp3) is 0.200. The van der Waals surface area contributed by atoms with Crippen LogP contribution in [0.5, 0.6) is 0 Å². The van der Waals surface area contributed by atoms with Gasteiger partial charge in [0.25, 0.3) is 0 Å². The summed E-state index contributed by atoms with van der Waals surface area (Å²) < 4.78 is 13.5. The maximum atomic E-state index is 13.0. The van der Waals surface area contributed by atoms with Gasteiger partial charge in [-0.1, -0.05) is 12.2 Å². The molecule has 0 spiro atoms. The smallest absolute Gasteiger partial charge is 0.139 e. The van der Waals surface area contributed by atoms with Crippen LogP contribution in [0, 0.1) is 5.82 Å². The fourth-order valence-electron chi connectivity index (χ4n) is 0.901. The van der Waals surface area contributed by atoms with Crippen molar-refractivity contribution in [2.75, 3.05) is 11.9 Å². The summed E-state index contributed by atoms with van der Waals surface area (Å²) in [7, 11) is 0. The number of hydrogen-bond acceptors (Lipinski definition) is 1. The number of anilines is 1. The molecule has 0 bridgehead atoms. The van der Waals surface area contributed by atoms with Crippen LogP contribution < -0.4 is 5.32 Å². The first-order valence-corrected chi connectivity index (χ1v) is 4.83. The van der Waals surface area contributed by atoms with Crippen LogP contribution in [0.4, 0.5) is 10.1 Å². The second-order valence-corrected chi connectivity index (χ2v) is 3.43. The van der Waals surface area contributed by atoms with Crippen molar-refractivity contribution in [1.29, 1.82) is 0 Å². The van der Waals surface area contributed by atoms with Crippen molar-refractivity contribution in [2.24, 2.45) is 0 Å². The standard InChI is InChI=1S/C10H11BrFN/c1-2-3-6-13-8-4-5-9(11)10(12)7-8/h2-5,7,13H,6H2,1H3/b3-2+. The minimum absolute atomic E-state index is 0.245. The van der Waals surface area contributed by atoms with Crippen LogP contribution in [0.2, 0.25) is 0 Å². The minimum atomic E-state index is -0.245. The molecular weight excluding hydrogens is 233 g/mol. The van der Waals surface area contributed by atoms with E-state index >= 15 is 0 Å². The molecule has 70 valence electrons. The molecule has 0 amide bonds. The van der Waals surface area contributed by atoms with Gasteiger partial charge in [0.1, 0.15) is 5.82 Å². The van der Waals surface area contributed by atoms with Crippen molar-refractivity contribution in [3.8, 4) is 0 Å². The highest BCUT2D eigenvalue weighted by Crippen LogP contribution is 2.18. The predicted molar refractivity (Wildman–Crippen MR) is 57.4 cm³/mol. The molecule has 0 radical (unpaired) electrons. The Balaban J connectivity index is 2.63. The average Bonchev–Trinajstić information content (AvgIpc) is 2.12. The zero-order valence-corrected chi connectivity index (χ0v) is 8.94. The van der Waals surface area contributed by atoms with Gasteiger partial charge < -0.3 is 5.32 Å². The predicted octanol–water partition coefficient (Wildman–Crippen LogP) is 3.58. The quantitative estimate of drug-likeness (QED) is 0.801. The van der Waals surface area contributed by atoms with Gasteiger partial charge in [0.2, 0.25) is 0 Å². The molecule has 13 heavy (non-hydrogen) atoms. The first-order chi connectivity index (χ1) is 6.24. The molecule has 0 saturated carbocycles. The molecule has 0 fully saturated rings. The highest BCUT2D eigenvalue weighted by molar-refractivity contribution is 9.10. The third-order valence-electron chi connectivity index (χ3n) is 1.58. The molecule has 1 aromatic rings. The lowest BCUT2D eigenvalue weighted by molar-refractivity contribution is 0.621. The lowest BCUT2D eigenvalue weighted by atomic mass is 10.3. The van der Waals surface area contributed by atoms with Gasteiger partial charge in [0.15, 0.2) is 0 Å². The summed E-state index contributed by atoms with van der Waals surface area (Å²) in [4.78, 5) is 0. The summed E-state index contributed by atoms with van der Waals surface area (Å²) in [5.74, 6) is -0.245. The van der Waals surface area contributed by atoms with Crippen molar-refractivity contribution < 1.29 is 4.39 Å². The molecule has 1 N–H and O–H groups in total. The van der Waals surface area contributed by atoms with Crippen LogP contribution >= 0.6 is 15.9 Å². The molecule has 0 aromatic heterocycles. The van der Waals surface area contributed by atoms with E-state index in [1.807, 2.05) is 25.1 Å². The summed E-state index contributed by atoms with van der Waals surface area (Å²) in [5, 5.41) is 3.07. The third-order valence-corrected chi connectivity index (χ3v) is 2.22. The lowest BCUT2D eigenvalue weighted by Gasteiger charge is -2.03. The molecule has 0 aliphatic carbocycles. The van der Waals surface area contributed by atoms with Crippen LogP contribution in [-0.4, -0.2) is 6.54 Å². The SMILES string of the molecule is C/C=C/CNc1ccc(Br)c(F)c1. The normalized spacial score (nSPS) is 10.7. The average molecular weight is 244 g/mol. The number of benzene rings is 1. The van der Waals surface area contributed by atoms with E-state index in [9.17, 15) is 4.39 Å². The first kappa shape index (κ1) is 10.3. The third kappa shape index (κ3) is 3.19. The number of allylic oxidation sites excluding steroid dienone is 1. The summed E-state index contributed by atoms with van der Waals surface area (Å²) >= 11 is 3.09. The lowest BCUT2D eigenvalue weighted by Crippen LogP contribution is -1.98. The zero-order valence-electron chi connectivity index (χ0n) is 7.35. The Bertz CT molecular complexity index is 310. The van der Waals surface area contributed by atoms with Crippen LogP contribution in [0.1, 0.15) is 6.92 Å². The van der Waals surface area contributed by atoms with Gasteiger partial charge in [-0.25, -0.2) is 4.39 Å². The molecule has 0 aliphatic rings. The van der Waals surface area contributed by atoms with Crippen LogP contribution in [0.25, 0.3) is 0 Å². The molecule has 1 aromatic carbocycles. The van der Waals surface area contributed by atoms with Crippen molar-refractivity contribution in [3.63, 3.8) is 0 Å². The summed E-state index contributed by atoms with van der Waals surface area (Å²) in [6.07, 6.45) is 3.92. The van der Waals surface area contributed by atoms with Crippen LogP contribution in [0.3, 0.4) is 0 Å². The van der Waals surface area contributed by atoms with Crippen molar-refractivity contribution in [3.05, 3.63) is 40.6 Å². The van der Waals surface area contributed by atoms with Crippen molar-refractivity contribution in [1.82, 2.24) is 0 Å². The Morgan fingerprint density at radius 2 is 2.31 bits per heavy atom. The Labute approximate surface area is 85.8 Å². The van der Waals surface area contributed by atoms with Gasteiger partial charge in [-0.3, -0.25) is 0 Å². The van der Waals surface area contributed by atoms with Gasteiger partial charge in [0, 0.05) is 12.2 Å². The molecule has 0 heterocycles. The van der Waals surface area contributed by atoms with E-state index in [2.05, 4.69) is 21.2 Å². The summed E-state index contributed by atoms with van der Waals surface area (Å²) in [5.41, 5.74) is 0.791. The van der Waals surface area contributed by atoms with Crippen molar-refractivity contribution in [2.45, 2.75) is 6.92 Å². The number of halogens is 2. The zero-order chi connectivity index (χ0) is 9.68. The fourth-order valence-corrected chi connectivity index (χ4v) is 1.15. The summed E-state index contributed by atoms with van der Waals surface area (Å²) in [6, 6.07) is 4.98. The molecular formula is C10H11BrFN. The van der Waals surface area contributed by atoms with Crippen molar-refractivity contribution >= 4 is 21.6 Å². The monoisotopic (exact) mass is 243 g/mol. The van der Waals surface area contributed by atoms with E-state index in [4.69, 9.17) is 0 Å². The van der Waals surface area contributed by atoms with Gasteiger partial charge in [-0.05, 0) is 41.1 Å². The second kappa shape index (κ2) is 5.02. The van der Waals surface area contributed by atoms with E-state index in [0.717, 1.165) is 12.2 Å². The van der Waals surface area contributed by atoms with E-state index < -0.39 is 0 Å². The Morgan fingerprint density at radius 3 is 2.92 bits per heavy atom. The van der Waals surface area contributed by atoms with E-state index in [0.29, 0.717) is 4.47 Å². The maximum absolute atomic E-state index is 13.0. The molecule has 0 atom stereocenters. The van der Waals surface area contributed by atoms with Gasteiger partial charge in [-0.15, -0.1) is 0 Å². The molecule has 1 rings (SSSR count). The van der Waals surface area contributed by atoms with E-state index in [-0.39, 0.29) is 5.82 Å². The summed E-state index contributed by atoms with van der Waals surface area (Å²) in [6.45, 7) is 2.67. The second-order valence-electron chi connectivity index (χ2n) is 2.58. The number of rotatable bonds is 3. The van der Waals surface area contributed by atoms with Crippen LogP contribution in [0.15, 0.2) is 34.8 Å². The molecule has 0 aliphatic heterocycles. The van der Waals surface area contributed by atoms with E-state index in [1.54, 1.807) is 6.07 Å². The van der Waals surface area contributed by atoms with Gasteiger partial charge >= 0.3 is 0 Å². The Morgan fingerprint density at radius 1 is 1.54 bits per heavy atom.